The summed E-state index contributed by atoms with van der Waals surface area (Å²) in [6.45, 7) is 2.45. The zero-order valence-electron chi connectivity index (χ0n) is 10.8. The van der Waals surface area contributed by atoms with Crippen molar-refractivity contribution in [1.29, 1.82) is 0 Å². The van der Waals surface area contributed by atoms with E-state index in [0.717, 1.165) is 5.56 Å². The first-order valence-corrected chi connectivity index (χ1v) is 6.22. The monoisotopic (exact) mass is 251 g/mol. The van der Waals surface area contributed by atoms with Gasteiger partial charge in [-0.25, -0.2) is 0 Å². The minimum absolute atomic E-state index is 0.0290. The van der Waals surface area contributed by atoms with Gasteiger partial charge in [0.05, 0.1) is 13.2 Å². The van der Waals surface area contributed by atoms with Crippen molar-refractivity contribution in [2.45, 2.75) is 19.8 Å². The second-order valence-electron chi connectivity index (χ2n) is 4.31. The molecule has 0 spiro atoms. The van der Waals surface area contributed by atoms with Crippen LogP contribution in [0.4, 0.5) is 0 Å². The van der Waals surface area contributed by atoms with E-state index < -0.39 is 0 Å². The van der Waals surface area contributed by atoms with Crippen LogP contribution in [0, 0.1) is 6.92 Å². The minimum atomic E-state index is -0.0731. The second kappa shape index (κ2) is 7.84. The topological polar surface area (TPSA) is 60.8 Å². The van der Waals surface area contributed by atoms with Crippen molar-refractivity contribution in [2.24, 2.45) is 0 Å². The van der Waals surface area contributed by atoms with E-state index in [9.17, 15) is 4.79 Å². The Morgan fingerprint density at radius 1 is 1.11 bits per heavy atom. The molecule has 0 bridgehead atoms. The summed E-state index contributed by atoms with van der Waals surface area (Å²) in [6, 6.07) is 8.09. The molecule has 1 aromatic rings. The molecule has 0 aromatic heterocycles. The summed E-state index contributed by atoms with van der Waals surface area (Å²) in [5.74, 6) is -0.0290. The molecule has 0 aliphatic heterocycles. The molecule has 1 amide bonds. The standard InChI is InChI=1S/C14H21NO3/c1-12-2-4-13(5-3-12)6-7-14(18)15(8-10-16)9-11-17/h2-5,16-17H,6-11H2,1H3. The van der Waals surface area contributed by atoms with E-state index in [1.165, 1.54) is 10.5 Å². The normalized spacial score (nSPS) is 10.4. The first kappa shape index (κ1) is 14.7. The fraction of sp³-hybridized carbons (Fsp3) is 0.500. The quantitative estimate of drug-likeness (QED) is 0.751. The SMILES string of the molecule is Cc1ccc(CCC(=O)N(CCO)CCO)cc1. The number of carbonyl (C=O) groups excluding carboxylic acids is 1. The molecule has 0 radical (unpaired) electrons. The van der Waals surface area contributed by atoms with Gasteiger partial charge in [-0.15, -0.1) is 0 Å². The van der Waals surface area contributed by atoms with Crippen LogP contribution in [0.15, 0.2) is 24.3 Å². The lowest BCUT2D eigenvalue weighted by atomic mass is 10.1. The third-order valence-electron chi connectivity index (χ3n) is 2.84. The summed E-state index contributed by atoms with van der Waals surface area (Å²) in [4.78, 5) is 13.4. The van der Waals surface area contributed by atoms with Crippen LogP contribution in [-0.2, 0) is 11.2 Å². The molecule has 0 heterocycles. The van der Waals surface area contributed by atoms with E-state index in [1.54, 1.807) is 0 Å². The Hall–Kier alpha value is -1.39. The van der Waals surface area contributed by atoms with Gasteiger partial charge in [-0.1, -0.05) is 29.8 Å². The number of rotatable bonds is 7. The smallest absolute Gasteiger partial charge is 0.223 e. The van der Waals surface area contributed by atoms with E-state index in [4.69, 9.17) is 10.2 Å². The molecule has 0 aliphatic carbocycles. The van der Waals surface area contributed by atoms with Crippen LogP contribution in [0.3, 0.4) is 0 Å². The highest BCUT2D eigenvalue weighted by Crippen LogP contribution is 2.07. The van der Waals surface area contributed by atoms with Crippen molar-refractivity contribution >= 4 is 5.91 Å². The van der Waals surface area contributed by atoms with Gasteiger partial charge in [0.2, 0.25) is 5.91 Å². The van der Waals surface area contributed by atoms with Crippen molar-refractivity contribution in [3.63, 3.8) is 0 Å². The average Bonchev–Trinajstić information content (AvgIpc) is 2.37. The number of hydrogen-bond acceptors (Lipinski definition) is 3. The van der Waals surface area contributed by atoms with Crippen LogP contribution >= 0.6 is 0 Å². The maximum Gasteiger partial charge on any atom is 0.223 e. The molecule has 1 rings (SSSR count). The van der Waals surface area contributed by atoms with Crippen LogP contribution in [0.25, 0.3) is 0 Å². The van der Waals surface area contributed by atoms with Gasteiger partial charge >= 0.3 is 0 Å². The molecule has 0 saturated carbocycles. The molecule has 0 aliphatic rings. The number of nitrogens with zero attached hydrogens (tertiary/aromatic N) is 1. The summed E-state index contributed by atoms with van der Waals surface area (Å²) in [5, 5.41) is 17.7. The molecule has 0 fully saturated rings. The van der Waals surface area contributed by atoms with E-state index in [0.29, 0.717) is 12.8 Å². The summed E-state index contributed by atoms with van der Waals surface area (Å²) in [6.07, 6.45) is 1.09. The molecular weight excluding hydrogens is 230 g/mol. The molecule has 100 valence electrons. The Labute approximate surface area is 108 Å². The minimum Gasteiger partial charge on any atom is -0.395 e. The van der Waals surface area contributed by atoms with Crippen LogP contribution in [0.1, 0.15) is 17.5 Å². The summed E-state index contributed by atoms with van der Waals surface area (Å²) >= 11 is 0. The molecule has 4 nitrogen and oxygen atoms in total. The summed E-state index contributed by atoms with van der Waals surface area (Å²) in [5.41, 5.74) is 2.33. The molecule has 0 atom stereocenters. The van der Waals surface area contributed by atoms with E-state index in [1.807, 2.05) is 31.2 Å². The third kappa shape index (κ3) is 4.85. The van der Waals surface area contributed by atoms with Crippen LogP contribution < -0.4 is 0 Å². The lowest BCUT2D eigenvalue weighted by Crippen LogP contribution is -2.35. The lowest BCUT2D eigenvalue weighted by molar-refractivity contribution is -0.132. The maximum atomic E-state index is 11.9. The molecule has 18 heavy (non-hydrogen) atoms. The van der Waals surface area contributed by atoms with Crippen molar-refractivity contribution in [2.75, 3.05) is 26.3 Å². The maximum absolute atomic E-state index is 11.9. The number of benzene rings is 1. The Kier molecular flexibility index (Phi) is 6.39. The van der Waals surface area contributed by atoms with Gasteiger partial charge in [-0.3, -0.25) is 4.79 Å². The highest BCUT2D eigenvalue weighted by Gasteiger charge is 2.11. The fourth-order valence-corrected chi connectivity index (χ4v) is 1.77. The van der Waals surface area contributed by atoms with Crippen molar-refractivity contribution in [3.05, 3.63) is 35.4 Å². The zero-order valence-corrected chi connectivity index (χ0v) is 10.8. The lowest BCUT2D eigenvalue weighted by Gasteiger charge is -2.20. The Morgan fingerprint density at radius 2 is 1.67 bits per heavy atom. The third-order valence-corrected chi connectivity index (χ3v) is 2.84. The van der Waals surface area contributed by atoms with Gasteiger partial charge in [0.15, 0.2) is 0 Å². The van der Waals surface area contributed by atoms with Gasteiger partial charge < -0.3 is 15.1 Å². The first-order valence-electron chi connectivity index (χ1n) is 6.22. The zero-order chi connectivity index (χ0) is 13.4. The largest absolute Gasteiger partial charge is 0.395 e. The fourth-order valence-electron chi connectivity index (χ4n) is 1.77. The van der Waals surface area contributed by atoms with Gasteiger partial charge in [0.1, 0.15) is 0 Å². The molecular formula is C14H21NO3. The highest BCUT2D eigenvalue weighted by molar-refractivity contribution is 5.76. The van der Waals surface area contributed by atoms with Gasteiger partial charge in [0.25, 0.3) is 0 Å². The highest BCUT2D eigenvalue weighted by atomic mass is 16.3. The van der Waals surface area contributed by atoms with E-state index in [-0.39, 0.29) is 32.2 Å². The summed E-state index contributed by atoms with van der Waals surface area (Å²) in [7, 11) is 0. The molecule has 0 saturated heterocycles. The number of aryl methyl sites for hydroxylation is 2. The molecule has 4 heteroatoms. The number of aliphatic hydroxyl groups is 2. The van der Waals surface area contributed by atoms with Crippen LogP contribution in [0.5, 0.6) is 0 Å². The number of amides is 1. The Balaban J connectivity index is 2.45. The van der Waals surface area contributed by atoms with E-state index in [2.05, 4.69) is 0 Å². The van der Waals surface area contributed by atoms with Crippen molar-refractivity contribution < 1.29 is 15.0 Å². The summed E-state index contributed by atoms with van der Waals surface area (Å²) < 4.78 is 0. The van der Waals surface area contributed by atoms with Crippen molar-refractivity contribution in [1.82, 2.24) is 4.90 Å². The van der Waals surface area contributed by atoms with Gasteiger partial charge in [-0.05, 0) is 18.9 Å². The number of hydrogen-bond donors (Lipinski definition) is 2. The number of aliphatic hydroxyl groups excluding tert-OH is 2. The predicted octanol–water partition coefficient (Wildman–Crippen LogP) is 0.741. The molecule has 2 N–H and O–H groups in total. The predicted molar refractivity (Wildman–Crippen MR) is 70.3 cm³/mol. The second-order valence-corrected chi connectivity index (χ2v) is 4.31. The number of carbonyl (C=O) groups is 1. The Bertz CT molecular complexity index is 356. The van der Waals surface area contributed by atoms with E-state index >= 15 is 0 Å². The first-order chi connectivity index (χ1) is 8.67. The molecule has 1 aromatic carbocycles. The van der Waals surface area contributed by atoms with Gasteiger partial charge in [-0.2, -0.15) is 0 Å². The van der Waals surface area contributed by atoms with Crippen LogP contribution in [-0.4, -0.2) is 47.3 Å². The molecule has 0 unspecified atom stereocenters. The Morgan fingerprint density at radius 3 is 2.17 bits per heavy atom. The average molecular weight is 251 g/mol. The van der Waals surface area contributed by atoms with Crippen LogP contribution in [0.2, 0.25) is 0 Å². The van der Waals surface area contributed by atoms with Crippen molar-refractivity contribution in [3.8, 4) is 0 Å². The van der Waals surface area contributed by atoms with Gasteiger partial charge in [0, 0.05) is 19.5 Å².